The first-order valence-electron chi connectivity index (χ1n) is 8.44. The first-order chi connectivity index (χ1) is 12.2. The molecule has 1 aliphatic heterocycles. The van der Waals surface area contributed by atoms with Crippen LogP contribution in [0.1, 0.15) is 6.42 Å². The van der Waals surface area contributed by atoms with E-state index in [9.17, 15) is 0 Å². The summed E-state index contributed by atoms with van der Waals surface area (Å²) in [7, 11) is 0. The molecule has 0 saturated carbocycles. The van der Waals surface area contributed by atoms with Gasteiger partial charge >= 0.3 is 0 Å². The normalized spacial score (nSPS) is 14.6. The van der Waals surface area contributed by atoms with Gasteiger partial charge in [0.2, 0.25) is 0 Å². The predicted molar refractivity (Wildman–Crippen MR) is 113 cm³/mol. The second-order valence-electron chi connectivity index (χ2n) is 5.92. The molecule has 0 bridgehead atoms. The first kappa shape index (κ1) is 17.6. The average Bonchev–Trinajstić information content (AvgIpc) is 2.90. The number of anilines is 2. The summed E-state index contributed by atoms with van der Waals surface area (Å²) >= 11 is 11.1. The van der Waals surface area contributed by atoms with Gasteiger partial charge in [-0.15, -0.1) is 0 Å². The topological polar surface area (TPSA) is 30.5 Å². The van der Waals surface area contributed by atoms with Crippen molar-refractivity contribution in [2.24, 2.45) is 0 Å². The molecule has 2 N–H and O–H groups in total. The second kappa shape index (κ2) is 8.78. The van der Waals surface area contributed by atoms with Crippen molar-refractivity contribution in [2.45, 2.75) is 6.42 Å². The van der Waals surface area contributed by atoms with Crippen molar-refractivity contribution in [1.29, 1.82) is 0 Å². The number of thiocarbonyl (C=S) groups is 2. The molecule has 2 aromatic rings. The van der Waals surface area contributed by atoms with Crippen LogP contribution in [-0.2, 0) is 0 Å². The first-order valence-corrected chi connectivity index (χ1v) is 9.26. The number of para-hydroxylation sites is 2. The van der Waals surface area contributed by atoms with Crippen LogP contribution in [-0.4, -0.2) is 46.2 Å². The van der Waals surface area contributed by atoms with E-state index in [0.29, 0.717) is 0 Å². The Balaban J connectivity index is 1.53. The Morgan fingerprint density at radius 2 is 1.04 bits per heavy atom. The molecule has 25 heavy (non-hydrogen) atoms. The molecule has 0 aliphatic carbocycles. The fourth-order valence-electron chi connectivity index (χ4n) is 2.77. The second-order valence-corrected chi connectivity index (χ2v) is 6.69. The van der Waals surface area contributed by atoms with Crippen LogP contribution < -0.4 is 10.6 Å². The minimum absolute atomic E-state index is 0.773. The Bertz CT molecular complexity index is 644. The maximum Gasteiger partial charge on any atom is 0.173 e. The van der Waals surface area contributed by atoms with E-state index in [-0.39, 0.29) is 0 Å². The van der Waals surface area contributed by atoms with Crippen molar-refractivity contribution in [3.63, 3.8) is 0 Å². The van der Waals surface area contributed by atoms with E-state index in [1.165, 1.54) is 0 Å². The third kappa shape index (κ3) is 5.14. The largest absolute Gasteiger partial charge is 0.347 e. The van der Waals surface area contributed by atoms with Crippen LogP contribution in [0.3, 0.4) is 0 Å². The van der Waals surface area contributed by atoms with Gasteiger partial charge in [-0.1, -0.05) is 36.4 Å². The molecule has 0 atom stereocenters. The van der Waals surface area contributed by atoms with Gasteiger partial charge in [0.15, 0.2) is 10.2 Å². The zero-order chi connectivity index (χ0) is 17.5. The molecular formula is C19H22N4S2. The van der Waals surface area contributed by atoms with Crippen LogP contribution >= 0.6 is 24.4 Å². The fourth-order valence-corrected chi connectivity index (χ4v) is 3.37. The molecular weight excluding hydrogens is 348 g/mol. The highest BCUT2D eigenvalue weighted by Gasteiger charge is 2.18. The summed E-state index contributed by atoms with van der Waals surface area (Å²) in [6, 6.07) is 20.1. The van der Waals surface area contributed by atoms with Crippen LogP contribution in [0.4, 0.5) is 11.4 Å². The van der Waals surface area contributed by atoms with Crippen molar-refractivity contribution >= 4 is 46.0 Å². The molecule has 1 saturated heterocycles. The Kier molecular flexibility index (Phi) is 6.19. The molecule has 6 heteroatoms. The van der Waals surface area contributed by atoms with Crippen LogP contribution in [0.5, 0.6) is 0 Å². The van der Waals surface area contributed by atoms with Gasteiger partial charge in [-0.25, -0.2) is 0 Å². The zero-order valence-corrected chi connectivity index (χ0v) is 15.7. The van der Waals surface area contributed by atoms with E-state index in [1.54, 1.807) is 0 Å². The fraction of sp³-hybridized carbons (Fsp3) is 0.263. The van der Waals surface area contributed by atoms with E-state index in [4.69, 9.17) is 24.4 Å². The number of rotatable bonds is 2. The third-order valence-corrected chi connectivity index (χ3v) is 4.84. The lowest BCUT2D eigenvalue weighted by Crippen LogP contribution is -2.40. The van der Waals surface area contributed by atoms with Gasteiger partial charge in [0.25, 0.3) is 0 Å². The lowest BCUT2D eigenvalue weighted by molar-refractivity contribution is 0.418. The molecule has 1 fully saturated rings. The maximum absolute atomic E-state index is 5.57. The molecule has 0 unspecified atom stereocenters. The van der Waals surface area contributed by atoms with E-state index >= 15 is 0 Å². The number of benzene rings is 2. The van der Waals surface area contributed by atoms with Crippen LogP contribution in [0.15, 0.2) is 60.7 Å². The molecule has 3 rings (SSSR count). The lowest BCUT2D eigenvalue weighted by atomic mass is 10.3. The smallest absolute Gasteiger partial charge is 0.173 e. The Labute approximate surface area is 159 Å². The SMILES string of the molecule is S=C(Nc1ccccc1)N1CCCN(C(=S)Nc2ccccc2)CC1. The van der Waals surface area contributed by atoms with Gasteiger partial charge in [0, 0.05) is 37.6 Å². The van der Waals surface area contributed by atoms with Gasteiger partial charge in [-0.05, 0) is 55.1 Å². The number of hydrogen-bond donors (Lipinski definition) is 2. The third-order valence-electron chi connectivity index (χ3n) is 4.12. The quantitative estimate of drug-likeness (QED) is 0.782. The maximum atomic E-state index is 5.57. The van der Waals surface area contributed by atoms with Crippen molar-refractivity contribution in [2.75, 3.05) is 36.8 Å². The van der Waals surface area contributed by atoms with Crippen molar-refractivity contribution in [3.05, 3.63) is 60.7 Å². The Hall–Kier alpha value is -2.18. The van der Waals surface area contributed by atoms with E-state index in [2.05, 4.69) is 20.4 Å². The van der Waals surface area contributed by atoms with Crippen LogP contribution in [0.2, 0.25) is 0 Å². The van der Waals surface area contributed by atoms with Gasteiger partial charge < -0.3 is 20.4 Å². The van der Waals surface area contributed by atoms with Crippen molar-refractivity contribution in [3.8, 4) is 0 Å². The average molecular weight is 371 g/mol. The molecule has 0 amide bonds. The standard InChI is InChI=1S/C19H22N4S2/c24-18(20-16-8-3-1-4-9-16)22-12-7-13-23(15-14-22)19(25)21-17-10-5-2-6-11-17/h1-6,8-11H,7,12-15H2,(H,20,24)(H,21,25). The van der Waals surface area contributed by atoms with Crippen LogP contribution in [0, 0.1) is 0 Å². The lowest BCUT2D eigenvalue weighted by Gasteiger charge is -2.26. The summed E-state index contributed by atoms with van der Waals surface area (Å²) in [6.45, 7) is 3.58. The number of nitrogens with one attached hydrogen (secondary N) is 2. The summed E-state index contributed by atoms with van der Waals surface area (Å²) in [6.07, 6.45) is 1.02. The summed E-state index contributed by atoms with van der Waals surface area (Å²) in [4.78, 5) is 4.43. The Morgan fingerprint density at radius 1 is 0.640 bits per heavy atom. The predicted octanol–water partition coefficient (Wildman–Crippen LogP) is 3.79. The monoisotopic (exact) mass is 370 g/mol. The van der Waals surface area contributed by atoms with Gasteiger partial charge in [0.05, 0.1) is 0 Å². The zero-order valence-electron chi connectivity index (χ0n) is 14.0. The summed E-state index contributed by atoms with van der Waals surface area (Å²) in [5, 5.41) is 8.17. The minimum Gasteiger partial charge on any atom is -0.347 e. The highest BCUT2D eigenvalue weighted by atomic mass is 32.1. The van der Waals surface area contributed by atoms with Crippen molar-refractivity contribution < 1.29 is 0 Å². The molecule has 0 aromatic heterocycles. The molecule has 1 heterocycles. The molecule has 130 valence electrons. The van der Waals surface area contributed by atoms with Crippen molar-refractivity contribution in [1.82, 2.24) is 9.80 Å². The summed E-state index contributed by atoms with van der Waals surface area (Å²) < 4.78 is 0. The molecule has 4 nitrogen and oxygen atoms in total. The van der Waals surface area contributed by atoms with E-state index < -0.39 is 0 Å². The molecule has 1 aliphatic rings. The summed E-state index contributed by atoms with van der Waals surface area (Å²) in [5.41, 5.74) is 2.05. The van der Waals surface area contributed by atoms with Gasteiger partial charge in [0.1, 0.15) is 0 Å². The van der Waals surface area contributed by atoms with Gasteiger partial charge in [-0.2, -0.15) is 0 Å². The van der Waals surface area contributed by atoms with E-state index in [1.807, 2.05) is 60.7 Å². The Morgan fingerprint density at radius 3 is 1.44 bits per heavy atom. The van der Waals surface area contributed by atoms with Gasteiger partial charge in [-0.3, -0.25) is 0 Å². The highest BCUT2D eigenvalue weighted by Crippen LogP contribution is 2.12. The summed E-state index contributed by atoms with van der Waals surface area (Å²) in [5.74, 6) is 0. The molecule has 0 spiro atoms. The minimum atomic E-state index is 0.773. The van der Waals surface area contributed by atoms with Crippen LogP contribution in [0.25, 0.3) is 0 Å². The molecule has 0 radical (unpaired) electrons. The molecule has 2 aromatic carbocycles. The van der Waals surface area contributed by atoms with E-state index in [0.717, 1.165) is 54.2 Å². The number of nitrogens with zero attached hydrogens (tertiary/aromatic N) is 2. The highest BCUT2D eigenvalue weighted by molar-refractivity contribution is 7.80. The number of hydrogen-bond acceptors (Lipinski definition) is 2.